The number of rotatable bonds is 8. The molecule has 0 aliphatic carbocycles. The minimum Gasteiger partial charge on any atom is -0.258 e. The molecular formula is C24H15Cl2N5O2S4. The fourth-order valence-electron chi connectivity index (χ4n) is 3.23. The van der Waals surface area contributed by atoms with Gasteiger partial charge < -0.3 is 0 Å². The van der Waals surface area contributed by atoms with Crippen molar-refractivity contribution in [3.8, 4) is 0 Å². The molecule has 5 aromatic rings. The van der Waals surface area contributed by atoms with Crippen molar-refractivity contribution in [3.05, 3.63) is 90.9 Å². The van der Waals surface area contributed by atoms with Crippen molar-refractivity contribution in [2.24, 2.45) is 4.99 Å². The van der Waals surface area contributed by atoms with E-state index in [9.17, 15) is 10.1 Å². The third-order valence-electron chi connectivity index (χ3n) is 4.96. The highest BCUT2D eigenvalue weighted by atomic mass is 35.5. The lowest BCUT2D eigenvalue weighted by Crippen LogP contribution is -1.93. The summed E-state index contributed by atoms with van der Waals surface area (Å²) in [5.74, 6) is 0.663. The number of fused-ring (bicyclic) bond motifs is 1. The van der Waals surface area contributed by atoms with Crippen LogP contribution < -0.4 is 0 Å². The summed E-state index contributed by atoms with van der Waals surface area (Å²) in [6.07, 6.45) is 1.62. The molecule has 0 saturated heterocycles. The maximum atomic E-state index is 11.7. The number of nitro groups is 1. The Labute approximate surface area is 238 Å². The average Bonchev–Trinajstić information content (AvgIpc) is 3.48. The number of aliphatic imine (C=N–C) groups is 1. The molecule has 0 radical (unpaired) electrons. The first kappa shape index (κ1) is 26.1. The van der Waals surface area contributed by atoms with Crippen molar-refractivity contribution in [2.75, 3.05) is 0 Å². The Balaban J connectivity index is 1.31. The van der Waals surface area contributed by atoms with E-state index in [1.165, 1.54) is 29.2 Å². The van der Waals surface area contributed by atoms with E-state index < -0.39 is 4.92 Å². The van der Waals surface area contributed by atoms with Crippen molar-refractivity contribution in [1.82, 2.24) is 15.2 Å². The molecule has 0 aliphatic rings. The standard InChI is InChI=1S/C24H15Cl2N5O2S4/c1-13-29-30-24(35-13)36-21-7-2-14(8-20(21)31(32)33)11-27-17-4-6-19-22(10-17)37-23(28-19)34-12-15-9-16(25)3-5-18(15)26/h2-11H,12H2,1H3. The zero-order chi connectivity index (χ0) is 25.9. The number of aromatic nitrogens is 3. The van der Waals surface area contributed by atoms with E-state index in [1.54, 1.807) is 53.6 Å². The summed E-state index contributed by atoms with van der Waals surface area (Å²) in [7, 11) is 0. The monoisotopic (exact) mass is 603 g/mol. The Morgan fingerprint density at radius 3 is 2.70 bits per heavy atom. The molecule has 0 saturated carbocycles. The lowest BCUT2D eigenvalue weighted by molar-refractivity contribution is -0.387. The first-order valence-electron chi connectivity index (χ1n) is 10.6. The molecule has 0 N–H and O–H groups in total. The number of nitro benzene ring substituents is 1. The van der Waals surface area contributed by atoms with Crippen LogP contribution in [0.3, 0.4) is 0 Å². The van der Waals surface area contributed by atoms with Crippen molar-refractivity contribution < 1.29 is 4.92 Å². The van der Waals surface area contributed by atoms with E-state index in [1.807, 2.05) is 31.2 Å². The van der Waals surface area contributed by atoms with Crippen LogP contribution in [0, 0.1) is 17.0 Å². The predicted molar refractivity (Wildman–Crippen MR) is 155 cm³/mol. The summed E-state index contributed by atoms with van der Waals surface area (Å²) in [6.45, 7) is 1.84. The molecule has 13 heteroatoms. The zero-order valence-corrected chi connectivity index (χ0v) is 23.7. The van der Waals surface area contributed by atoms with Crippen LogP contribution in [0.25, 0.3) is 10.2 Å². The van der Waals surface area contributed by atoms with Crippen molar-refractivity contribution >= 4 is 97.2 Å². The fourth-order valence-corrected chi connectivity index (χ4v) is 7.64. The van der Waals surface area contributed by atoms with Gasteiger partial charge in [-0.15, -0.1) is 21.5 Å². The Bertz CT molecular complexity index is 1650. The maximum absolute atomic E-state index is 11.7. The highest BCUT2D eigenvalue weighted by molar-refractivity contribution is 8.01. The summed E-state index contributed by atoms with van der Waals surface area (Å²) >= 11 is 18.2. The second-order valence-electron chi connectivity index (χ2n) is 7.59. The van der Waals surface area contributed by atoms with Gasteiger partial charge in [-0.25, -0.2) is 4.98 Å². The molecule has 7 nitrogen and oxygen atoms in total. The fraction of sp³-hybridized carbons (Fsp3) is 0.0833. The molecule has 0 unspecified atom stereocenters. The number of hydrogen-bond donors (Lipinski definition) is 0. The maximum Gasteiger partial charge on any atom is 0.283 e. The van der Waals surface area contributed by atoms with Crippen LogP contribution in [0.5, 0.6) is 0 Å². The smallest absolute Gasteiger partial charge is 0.258 e. The Morgan fingerprint density at radius 1 is 1.05 bits per heavy atom. The number of hydrogen-bond acceptors (Lipinski definition) is 10. The minimum atomic E-state index is -0.396. The second kappa shape index (κ2) is 11.5. The number of thioether (sulfide) groups is 1. The SMILES string of the molecule is Cc1nnc(Sc2ccc(C=Nc3ccc4nc(SCc5cc(Cl)ccc5Cl)sc4c3)cc2[N+](=O)[O-])s1. The summed E-state index contributed by atoms with van der Waals surface area (Å²) < 4.78 is 2.58. The third kappa shape index (κ3) is 6.49. The van der Waals surface area contributed by atoms with Gasteiger partial charge in [0, 0.05) is 28.1 Å². The molecule has 2 heterocycles. The van der Waals surface area contributed by atoms with Crippen molar-refractivity contribution in [3.63, 3.8) is 0 Å². The van der Waals surface area contributed by atoms with Gasteiger partial charge in [0.15, 0.2) is 8.68 Å². The van der Waals surface area contributed by atoms with Gasteiger partial charge in [0.05, 0.1) is 25.7 Å². The van der Waals surface area contributed by atoms with Gasteiger partial charge >= 0.3 is 0 Å². The molecular weight excluding hydrogens is 589 g/mol. The van der Waals surface area contributed by atoms with Crippen molar-refractivity contribution in [2.45, 2.75) is 26.3 Å². The van der Waals surface area contributed by atoms with E-state index in [2.05, 4.69) is 20.2 Å². The third-order valence-corrected chi connectivity index (χ3v) is 9.73. The van der Waals surface area contributed by atoms with Gasteiger partial charge in [-0.1, -0.05) is 64.1 Å². The Kier molecular flexibility index (Phi) is 8.08. The Morgan fingerprint density at radius 2 is 1.92 bits per heavy atom. The number of benzene rings is 3. The molecule has 5 rings (SSSR count). The summed E-state index contributed by atoms with van der Waals surface area (Å²) in [6, 6.07) is 16.2. The van der Waals surface area contributed by atoms with E-state index in [4.69, 9.17) is 23.2 Å². The highest BCUT2D eigenvalue weighted by Gasteiger charge is 2.17. The lowest BCUT2D eigenvalue weighted by atomic mass is 10.2. The molecule has 0 bridgehead atoms. The minimum absolute atomic E-state index is 0.00110. The molecule has 2 aromatic heterocycles. The van der Waals surface area contributed by atoms with Crippen LogP contribution in [0.15, 0.2) is 73.2 Å². The number of halogens is 2. The second-order valence-corrected chi connectivity index (χ2v) is 13.2. The molecule has 0 aliphatic heterocycles. The van der Waals surface area contributed by atoms with Crippen molar-refractivity contribution in [1.29, 1.82) is 0 Å². The first-order valence-corrected chi connectivity index (χ1v) is 14.8. The van der Waals surface area contributed by atoms with E-state index in [0.29, 0.717) is 30.6 Å². The van der Waals surface area contributed by atoms with Gasteiger partial charge in [-0.3, -0.25) is 15.1 Å². The summed E-state index contributed by atoms with van der Waals surface area (Å²) in [5, 5.41) is 21.8. The average molecular weight is 605 g/mol. The summed E-state index contributed by atoms with van der Waals surface area (Å²) in [5.41, 5.74) is 3.20. The van der Waals surface area contributed by atoms with Gasteiger partial charge in [-0.2, -0.15) is 0 Å². The van der Waals surface area contributed by atoms with E-state index >= 15 is 0 Å². The number of aryl methyl sites for hydroxylation is 1. The first-order chi connectivity index (χ1) is 17.8. The van der Waals surface area contributed by atoms with Crippen LogP contribution in [-0.2, 0) is 5.75 Å². The molecule has 0 fully saturated rings. The van der Waals surface area contributed by atoms with Gasteiger partial charge in [0.1, 0.15) is 5.01 Å². The lowest BCUT2D eigenvalue weighted by Gasteiger charge is -2.02. The predicted octanol–water partition coefficient (Wildman–Crippen LogP) is 8.87. The number of nitrogens with zero attached hydrogens (tertiary/aromatic N) is 5. The van der Waals surface area contributed by atoms with Crippen LogP contribution in [0.1, 0.15) is 16.1 Å². The molecule has 3 aromatic carbocycles. The van der Waals surface area contributed by atoms with Crippen LogP contribution >= 0.6 is 69.4 Å². The molecule has 0 spiro atoms. The van der Waals surface area contributed by atoms with Crippen LogP contribution in [0.4, 0.5) is 11.4 Å². The zero-order valence-electron chi connectivity index (χ0n) is 18.9. The summed E-state index contributed by atoms with van der Waals surface area (Å²) in [4.78, 5) is 21.0. The van der Waals surface area contributed by atoms with Gasteiger partial charge in [0.2, 0.25) is 0 Å². The van der Waals surface area contributed by atoms with Gasteiger partial charge in [-0.05, 0) is 60.5 Å². The van der Waals surface area contributed by atoms with E-state index in [0.717, 1.165) is 30.8 Å². The molecule has 37 heavy (non-hydrogen) atoms. The largest absolute Gasteiger partial charge is 0.283 e. The molecule has 0 atom stereocenters. The van der Waals surface area contributed by atoms with Crippen LogP contribution in [-0.4, -0.2) is 26.3 Å². The normalized spacial score (nSPS) is 11.5. The van der Waals surface area contributed by atoms with Gasteiger partial charge in [0.25, 0.3) is 5.69 Å². The quantitative estimate of drug-likeness (QED) is 0.0756. The molecule has 0 amide bonds. The van der Waals surface area contributed by atoms with E-state index in [-0.39, 0.29) is 5.69 Å². The topological polar surface area (TPSA) is 94.2 Å². The molecule has 186 valence electrons. The Hall–Kier alpha value is -2.54. The highest BCUT2D eigenvalue weighted by Crippen LogP contribution is 2.37. The van der Waals surface area contributed by atoms with Crippen LogP contribution in [0.2, 0.25) is 10.0 Å². The number of thiazole rings is 1.